The van der Waals surface area contributed by atoms with Gasteiger partial charge in [-0.15, -0.1) is 11.8 Å². The van der Waals surface area contributed by atoms with Gasteiger partial charge in [0.15, 0.2) is 5.65 Å². The summed E-state index contributed by atoms with van der Waals surface area (Å²) in [6.07, 6.45) is 0.446. The van der Waals surface area contributed by atoms with E-state index < -0.39 is 17.8 Å². The van der Waals surface area contributed by atoms with Crippen molar-refractivity contribution in [1.82, 2.24) is 29.8 Å². The zero-order chi connectivity index (χ0) is 25.1. The molecule has 0 aliphatic carbocycles. The van der Waals surface area contributed by atoms with E-state index in [4.69, 9.17) is 9.47 Å². The third-order valence-corrected chi connectivity index (χ3v) is 6.82. The number of hydrogen-bond donors (Lipinski definition) is 1. The van der Waals surface area contributed by atoms with E-state index in [2.05, 4.69) is 24.9 Å². The van der Waals surface area contributed by atoms with Crippen LogP contribution < -0.4 is 9.47 Å². The average Bonchev–Trinajstić information content (AvgIpc) is 3.36. The molecule has 1 N–H and O–H groups in total. The highest BCUT2D eigenvalue weighted by atomic mass is 32.2. The van der Waals surface area contributed by atoms with E-state index in [0.29, 0.717) is 41.7 Å². The molecule has 3 aromatic heterocycles. The zero-order valence-corrected chi connectivity index (χ0v) is 19.4. The van der Waals surface area contributed by atoms with Gasteiger partial charge in [0.2, 0.25) is 5.88 Å². The van der Waals surface area contributed by atoms with Crippen LogP contribution in [-0.2, 0) is 6.18 Å². The second kappa shape index (κ2) is 10.0. The van der Waals surface area contributed by atoms with Gasteiger partial charge < -0.3 is 19.4 Å². The van der Waals surface area contributed by atoms with Gasteiger partial charge in [-0.3, -0.25) is 0 Å². The molecule has 1 aliphatic heterocycles. The first kappa shape index (κ1) is 23.9. The summed E-state index contributed by atoms with van der Waals surface area (Å²) in [5.41, 5.74) is 0.579. The highest BCUT2D eigenvalue weighted by Gasteiger charge is 2.31. The number of likely N-dealkylation sites (tertiary alicyclic amines) is 1. The van der Waals surface area contributed by atoms with E-state index in [-0.39, 0.29) is 5.88 Å². The molecule has 4 heterocycles. The highest BCUT2D eigenvalue weighted by Crippen LogP contribution is 2.33. The van der Waals surface area contributed by atoms with Crippen LogP contribution in [0.5, 0.6) is 17.4 Å². The van der Waals surface area contributed by atoms with E-state index >= 15 is 0 Å². The Kier molecular flexibility index (Phi) is 6.63. The predicted molar refractivity (Wildman–Crippen MR) is 124 cm³/mol. The Morgan fingerprint density at radius 2 is 1.75 bits per heavy atom. The summed E-state index contributed by atoms with van der Waals surface area (Å²) < 4.78 is 48.8. The molecular formula is C23H19F3N6O3S. The lowest BCUT2D eigenvalue weighted by Crippen LogP contribution is -2.40. The fourth-order valence-corrected chi connectivity index (χ4v) is 4.75. The number of imidazole rings is 1. The molecule has 0 radical (unpaired) electrons. The first-order chi connectivity index (χ1) is 17.3. The first-order valence-electron chi connectivity index (χ1n) is 10.9. The van der Waals surface area contributed by atoms with Crippen LogP contribution in [0.4, 0.5) is 18.0 Å². The second-order valence-corrected chi connectivity index (χ2v) is 9.20. The number of H-pyrrole nitrogens is 1. The topological polar surface area (TPSA) is 106 Å². The molecule has 13 heteroatoms. The lowest BCUT2D eigenvalue weighted by atomic mass is 10.1. The molecule has 0 saturated carbocycles. The second-order valence-electron chi connectivity index (χ2n) is 7.91. The number of pyridine rings is 1. The number of piperidine rings is 1. The monoisotopic (exact) mass is 516 g/mol. The van der Waals surface area contributed by atoms with E-state index in [1.807, 2.05) is 0 Å². The predicted octanol–water partition coefficient (Wildman–Crippen LogP) is 5.31. The summed E-state index contributed by atoms with van der Waals surface area (Å²) in [6.45, 7) is 1.10. The summed E-state index contributed by atoms with van der Waals surface area (Å²) in [5.74, 6) is 0.687. The van der Waals surface area contributed by atoms with Crippen molar-refractivity contribution in [2.45, 2.75) is 29.3 Å². The van der Waals surface area contributed by atoms with Gasteiger partial charge in [0.25, 0.3) is 0 Å². The number of aromatic amines is 1. The minimum absolute atomic E-state index is 0.0173. The Morgan fingerprint density at radius 3 is 2.44 bits per heavy atom. The number of nitrogens with zero attached hydrogens (tertiary/aromatic N) is 5. The number of alkyl halides is 3. The number of hydrogen-bond acceptors (Lipinski definition) is 8. The summed E-state index contributed by atoms with van der Waals surface area (Å²) in [6, 6.07) is 8.22. The van der Waals surface area contributed by atoms with Crippen molar-refractivity contribution in [3.05, 3.63) is 60.8 Å². The van der Waals surface area contributed by atoms with Crippen molar-refractivity contribution < 1.29 is 27.4 Å². The Morgan fingerprint density at radius 1 is 1.00 bits per heavy atom. The minimum atomic E-state index is -4.46. The van der Waals surface area contributed by atoms with Crippen LogP contribution in [0, 0.1) is 0 Å². The summed E-state index contributed by atoms with van der Waals surface area (Å²) in [5, 5.41) is 1.14. The quantitative estimate of drug-likeness (QED) is 0.356. The third kappa shape index (κ3) is 5.51. The fraction of sp³-hybridized carbons (Fsp3) is 0.261. The zero-order valence-electron chi connectivity index (χ0n) is 18.6. The Labute approximate surface area is 207 Å². The molecule has 0 unspecified atom stereocenters. The lowest BCUT2D eigenvalue weighted by molar-refractivity contribution is -0.137. The van der Waals surface area contributed by atoms with Crippen LogP contribution in [0.3, 0.4) is 0 Å². The van der Waals surface area contributed by atoms with Gasteiger partial charge in [0, 0.05) is 30.6 Å². The van der Waals surface area contributed by atoms with E-state index in [0.717, 1.165) is 35.5 Å². The Hall–Kier alpha value is -3.87. The van der Waals surface area contributed by atoms with Crippen molar-refractivity contribution >= 4 is 29.0 Å². The number of aromatic nitrogens is 5. The highest BCUT2D eigenvalue weighted by molar-refractivity contribution is 8.00. The Bertz CT molecular complexity index is 1340. The van der Waals surface area contributed by atoms with Crippen LogP contribution in [0.1, 0.15) is 18.4 Å². The van der Waals surface area contributed by atoms with Gasteiger partial charge in [-0.25, -0.2) is 24.7 Å². The molecule has 0 atom stereocenters. The number of benzene rings is 1. The smallest absolute Gasteiger partial charge is 0.417 e. The van der Waals surface area contributed by atoms with Gasteiger partial charge in [0.05, 0.1) is 11.9 Å². The van der Waals surface area contributed by atoms with Crippen molar-refractivity contribution in [3.63, 3.8) is 0 Å². The molecule has 4 aromatic rings. The molecule has 5 rings (SSSR count). The number of thioether (sulfide) groups is 1. The van der Waals surface area contributed by atoms with Crippen LogP contribution in [0.2, 0.25) is 0 Å². The molecule has 0 spiro atoms. The van der Waals surface area contributed by atoms with E-state index in [1.165, 1.54) is 6.33 Å². The number of fused-ring (bicyclic) bond motifs is 1. The molecule has 1 amide bonds. The number of rotatable bonds is 5. The fourth-order valence-electron chi connectivity index (χ4n) is 3.62. The van der Waals surface area contributed by atoms with Gasteiger partial charge in [-0.2, -0.15) is 13.2 Å². The normalized spacial score (nSPS) is 14.7. The molecule has 0 bridgehead atoms. The number of ether oxygens (including phenoxy) is 2. The number of nitrogens with one attached hydrogen (secondary N) is 1. The van der Waals surface area contributed by atoms with E-state index in [1.54, 1.807) is 47.3 Å². The van der Waals surface area contributed by atoms with Gasteiger partial charge in [-0.1, -0.05) is 0 Å². The molecule has 36 heavy (non-hydrogen) atoms. The van der Waals surface area contributed by atoms with Crippen molar-refractivity contribution in [2.24, 2.45) is 0 Å². The summed E-state index contributed by atoms with van der Waals surface area (Å²) in [4.78, 5) is 33.6. The lowest BCUT2D eigenvalue weighted by Gasteiger charge is -2.30. The molecule has 1 aliphatic rings. The minimum Gasteiger partial charge on any atom is -0.439 e. The van der Waals surface area contributed by atoms with Crippen LogP contribution in [0.15, 0.2) is 60.3 Å². The maximum Gasteiger partial charge on any atom is 0.417 e. The number of amides is 1. The van der Waals surface area contributed by atoms with E-state index in [9.17, 15) is 18.0 Å². The first-order valence-corrected chi connectivity index (χ1v) is 11.8. The molecular weight excluding hydrogens is 497 g/mol. The standard InChI is InChI=1S/C23H19F3N6O3S/c24-23(25,26)14-1-6-18(27-11-14)34-15-2-4-16(5-3-15)35-22(33)32-9-7-17(8-10-32)36-21-19-20(29-12-28-19)30-13-31-21/h1-6,11-13,17H,7-10H2,(H,28,29,30,31). The maximum atomic E-state index is 12.6. The summed E-state index contributed by atoms with van der Waals surface area (Å²) in [7, 11) is 0. The van der Waals surface area contributed by atoms with Gasteiger partial charge in [0.1, 0.15) is 28.4 Å². The van der Waals surface area contributed by atoms with Crippen LogP contribution >= 0.6 is 11.8 Å². The third-order valence-electron chi connectivity index (χ3n) is 5.48. The average molecular weight is 517 g/mol. The molecule has 1 saturated heterocycles. The molecule has 1 fully saturated rings. The Balaban J connectivity index is 1.11. The van der Waals surface area contributed by atoms with Gasteiger partial charge >= 0.3 is 12.3 Å². The number of halogens is 3. The maximum absolute atomic E-state index is 12.6. The molecule has 186 valence electrons. The number of carbonyl (C=O) groups is 1. The van der Waals surface area contributed by atoms with Crippen molar-refractivity contribution in [1.29, 1.82) is 0 Å². The van der Waals surface area contributed by atoms with Crippen molar-refractivity contribution in [2.75, 3.05) is 13.1 Å². The largest absolute Gasteiger partial charge is 0.439 e. The SMILES string of the molecule is O=C(Oc1ccc(Oc2ccc(C(F)(F)F)cn2)cc1)N1CCC(Sc2ncnc3nc[nH]c23)CC1. The van der Waals surface area contributed by atoms with Gasteiger partial charge in [-0.05, 0) is 43.2 Å². The number of carbonyl (C=O) groups excluding carboxylic acids is 1. The molecule has 1 aromatic carbocycles. The summed E-state index contributed by atoms with van der Waals surface area (Å²) >= 11 is 1.64. The van der Waals surface area contributed by atoms with Crippen molar-refractivity contribution in [3.8, 4) is 17.4 Å². The molecule has 9 nitrogen and oxygen atoms in total. The van der Waals surface area contributed by atoms with Crippen LogP contribution in [-0.4, -0.2) is 54.3 Å². The van der Waals surface area contributed by atoms with Crippen LogP contribution in [0.25, 0.3) is 11.2 Å².